The second-order valence-corrected chi connectivity index (χ2v) is 9.00. The predicted molar refractivity (Wildman–Crippen MR) is 88.7 cm³/mol. The van der Waals surface area contributed by atoms with Gasteiger partial charge in [0, 0.05) is 23.8 Å². The third kappa shape index (κ3) is 3.42. The first-order valence-electron chi connectivity index (χ1n) is 7.74. The van der Waals surface area contributed by atoms with Crippen LogP contribution in [0.3, 0.4) is 0 Å². The number of thiophene rings is 1. The van der Waals surface area contributed by atoms with Crippen LogP contribution in [0.5, 0.6) is 0 Å². The molecule has 1 unspecified atom stereocenters. The molecule has 0 radical (unpaired) electrons. The van der Waals surface area contributed by atoms with Gasteiger partial charge >= 0.3 is 0 Å². The van der Waals surface area contributed by atoms with E-state index in [9.17, 15) is 18.5 Å². The lowest BCUT2D eigenvalue weighted by Gasteiger charge is -2.15. The van der Waals surface area contributed by atoms with Crippen LogP contribution in [-0.4, -0.2) is 26.6 Å². The lowest BCUT2D eigenvalue weighted by molar-refractivity contribution is -0.117. The Morgan fingerprint density at radius 1 is 1.30 bits per heavy atom. The minimum atomic E-state index is -3.60. The Hall–Kier alpha value is -1.43. The summed E-state index contributed by atoms with van der Waals surface area (Å²) in [6.45, 7) is 0.323. The molecule has 2 aliphatic rings. The molecular weight excluding hydrogens is 334 g/mol. The Morgan fingerprint density at radius 2 is 2.04 bits per heavy atom. The summed E-state index contributed by atoms with van der Waals surface area (Å²) < 4.78 is 22.5. The molecule has 0 spiro atoms. The van der Waals surface area contributed by atoms with Crippen LogP contribution in [0.4, 0.5) is 5.00 Å². The van der Waals surface area contributed by atoms with E-state index in [1.54, 1.807) is 4.90 Å². The van der Waals surface area contributed by atoms with Gasteiger partial charge in [-0.1, -0.05) is 6.42 Å². The van der Waals surface area contributed by atoms with Gasteiger partial charge in [-0.3, -0.25) is 4.79 Å². The van der Waals surface area contributed by atoms with Crippen LogP contribution in [0.1, 0.15) is 41.7 Å². The highest BCUT2D eigenvalue weighted by molar-refractivity contribution is 7.89. The predicted octanol–water partition coefficient (Wildman–Crippen LogP) is 1.53. The number of anilines is 1. The zero-order valence-electron chi connectivity index (χ0n) is 12.7. The zero-order valence-corrected chi connectivity index (χ0v) is 14.4. The molecule has 124 valence electrons. The van der Waals surface area contributed by atoms with Crippen molar-refractivity contribution < 1.29 is 13.2 Å². The van der Waals surface area contributed by atoms with Crippen LogP contribution in [0.2, 0.25) is 0 Å². The fourth-order valence-electron chi connectivity index (χ4n) is 3.45. The van der Waals surface area contributed by atoms with Crippen molar-refractivity contribution in [2.24, 2.45) is 11.1 Å². The quantitative estimate of drug-likeness (QED) is 0.832. The summed E-state index contributed by atoms with van der Waals surface area (Å²) in [6, 6.07) is 2.27. The molecule has 8 heteroatoms. The summed E-state index contributed by atoms with van der Waals surface area (Å²) >= 11 is 1.52. The Labute approximate surface area is 139 Å². The minimum Gasteiger partial charge on any atom is -0.302 e. The highest BCUT2D eigenvalue weighted by Crippen LogP contribution is 2.41. The average Bonchev–Trinajstić information content (AvgIpc) is 2.88. The summed E-state index contributed by atoms with van der Waals surface area (Å²) in [4.78, 5) is 15.1. The number of nitrogens with zero attached hydrogens (tertiary/aromatic N) is 2. The molecule has 6 nitrogen and oxygen atoms in total. The van der Waals surface area contributed by atoms with Crippen LogP contribution in [0.25, 0.3) is 0 Å². The summed E-state index contributed by atoms with van der Waals surface area (Å²) in [7, 11) is -3.60. The van der Waals surface area contributed by atoms with Crippen molar-refractivity contribution >= 4 is 32.3 Å². The summed E-state index contributed by atoms with van der Waals surface area (Å²) in [5, 5.41) is 15.3. The number of aryl methyl sites for hydroxylation is 1. The lowest BCUT2D eigenvalue weighted by Crippen LogP contribution is -2.27. The summed E-state index contributed by atoms with van der Waals surface area (Å²) in [5.74, 6) is -0.611. The number of hydrogen-bond acceptors (Lipinski definition) is 5. The second-order valence-electron chi connectivity index (χ2n) is 6.26. The molecule has 1 aromatic heterocycles. The number of rotatable bonds is 3. The van der Waals surface area contributed by atoms with Crippen molar-refractivity contribution in [2.45, 2.75) is 38.5 Å². The maximum absolute atomic E-state index is 12.3. The van der Waals surface area contributed by atoms with E-state index in [0.717, 1.165) is 31.2 Å². The normalized spacial score (nSPS) is 21.8. The van der Waals surface area contributed by atoms with E-state index in [1.165, 1.54) is 22.6 Å². The lowest BCUT2D eigenvalue weighted by atomic mass is 10.1. The number of hydrogen-bond donors (Lipinski definition) is 1. The van der Waals surface area contributed by atoms with Crippen molar-refractivity contribution in [1.29, 1.82) is 5.26 Å². The Kier molecular flexibility index (Phi) is 4.45. The standard InChI is InChI=1S/C15H19N3O3S2/c16-7-12-11-4-2-1-3-5-13(11)22-15(12)18-8-10(6-14(18)19)9-23(17,20)21/h10H,1-6,8-9H2,(H2,17,20,21). The van der Waals surface area contributed by atoms with Crippen LogP contribution in [0.15, 0.2) is 0 Å². The first-order chi connectivity index (χ1) is 10.9. The van der Waals surface area contributed by atoms with Gasteiger partial charge in [0.1, 0.15) is 11.1 Å². The van der Waals surface area contributed by atoms with Crippen molar-refractivity contribution in [3.63, 3.8) is 0 Å². The fraction of sp³-hybridized carbons (Fsp3) is 0.600. The fourth-order valence-corrected chi connectivity index (χ4v) is 5.70. The molecule has 0 aromatic carbocycles. The van der Waals surface area contributed by atoms with Crippen LogP contribution in [-0.2, 0) is 27.7 Å². The van der Waals surface area contributed by atoms with Gasteiger partial charge in [0.05, 0.1) is 11.3 Å². The molecule has 23 heavy (non-hydrogen) atoms. The monoisotopic (exact) mass is 353 g/mol. The van der Waals surface area contributed by atoms with E-state index in [-0.39, 0.29) is 24.0 Å². The molecule has 1 fully saturated rings. The Morgan fingerprint density at radius 3 is 2.74 bits per heavy atom. The Balaban J connectivity index is 1.90. The van der Waals surface area contributed by atoms with Crippen molar-refractivity contribution in [1.82, 2.24) is 0 Å². The first-order valence-corrected chi connectivity index (χ1v) is 10.3. The number of carbonyl (C=O) groups is 1. The molecule has 0 saturated carbocycles. The van der Waals surface area contributed by atoms with Crippen molar-refractivity contribution in [3.05, 3.63) is 16.0 Å². The SMILES string of the molecule is N#Cc1c(N2CC(CS(N)(=O)=O)CC2=O)sc2c1CCCCC2. The van der Waals surface area contributed by atoms with Gasteiger partial charge in [-0.05, 0) is 31.2 Å². The molecule has 2 heterocycles. The smallest absolute Gasteiger partial charge is 0.228 e. The highest BCUT2D eigenvalue weighted by atomic mass is 32.2. The molecular formula is C15H19N3O3S2. The summed E-state index contributed by atoms with van der Waals surface area (Å²) in [5.41, 5.74) is 1.70. The van der Waals surface area contributed by atoms with E-state index in [1.807, 2.05) is 0 Å². The third-order valence-corrected chi connectivity index (χ3v) is 6.68. The van der Waals surface area contributed by atoms with Crippen LogP contribution >= 0.6 is 11.3 Å². The van der Waals surface area contributed by atoms with Crippen LogP contribution < -0.4 is 10.0 Å². The number of carbonyl (C=O) groups excluding carboxylic acids is 1. The molecule has 1 atom stereocenters. The highest BCUT2D eigenvalue weighted by Gasteiger charge is 2.36. The van der Waals surface area contributed by atoms with Gasteiger partial charge in [0.2, 0.25) is 15.9 Å². The Bertz CT molecular complexity index is 777. The van der Waals surface area contributed by atoms with E-state index < -0.39 is 10.0 Å². The summed E-state index contributed by atoms with van der Waals surface area (Å²) in [6.07, 6.45) is 5.36. The third-order valence-electron chi connectivity index (χ3n) is 4.43. The average molecular weight is 353 g/mol. The van der Waals surface area contributed by atoms with Crippen LogP contribution in [0, 0.1) is 17.2 Å². The zero-order chi connectivity index (χ0) is 16.6. The number of primary sulfonamides is 1. The van der Waals surface area contributed by atoms with Crippen molar-refractivity contribution in [3.8, 4) is 6.07 Å². The van der Waals surface area contributed by atoms with Gasteiger partial charge in [-0.25, -0.2) is 13.6 Å². The number of amides is 1. The molecule has 1 aliphatic heterocycles. The molecule has 3 rings (SSSR count). The maximum Gasteiger partial charge on any atom is 0.228 e. The largest absolute Gasteiger partial charge is 0.302 e. The van der Waals surface area contributed by atoms with E-state index in [2.05, 4.69) is 6.07 Å². The molecule has 1 aliphatic carbocycles. The van der Waals surface area contributed by atoms with Gasteiger partial charge in [0.15, 0.2) is 0 Å². The van der Waals surface area contributed by atoms with E-state index >= 15 is 0 Å². The number of nitriles is 1. The molecule has 1 aromatic rings. The van der Waals surface area contributed by atoms with Gasteiger partial charge in [0.25, 0.3) is 0 Å². The molecule has 1 saturated heterocycles. The molecule has 2 N–H and O–H groups in total. The van der Waals surface area contributed by atoms with E-state index in [4.69, 9.17) is 5.14 Å². The van der Waals surface area contributed by atoms with Crippen molar-refractivity contribution in [2.75, 3.05) is 17.2 Å². The second kappa shape index (κ2) is 6.23. The maximum atomic E-state index is 12.3. The molecule has 1 amide bonds. The first kappa shape index (κ1) is 16.4. The number of fused-ring (bicyclic) bond motifs is 1. The number of nitrogens with two attached hydrogens (primary N) is 1. The van der Waals surface area contributed by atoms with E-state index in [0.29, 0.717) is 17.1 Å². The minimum absolute atomic E-state index is 0.119. The van der Waals surface area contributed by atoms with Gasteiger partial charge < -0.3 is 4.90 Å². The van der Waals surface area contributed by atoms with Gasteiger partial charge in [-0.15, -0.1) is 11.3 Å². The topological polar surface area (TPSA) is 104 Å². The van der Waals surface area contributed by atoms with Gasteiger partial charge in [-0.2, -0.15) is 5.26 Å². The molecule has 0 bridgehead atoms. The number of sulfonamides is 1.